The van der Waals surface area contributed by atoms with Crippen LogP contribution in [0.25, 0.3) is 16.9 Å². The van der Waals surface area contributed by atoms with Crippen LogP contribution < -0.4 is 4.31 Å². The molecule has 4 rings (SSSR count). The van der Waals surface area contributed by atoms with Gasteiger partial charge in [-0.2, -0.15) is 0 Å². The van der Waals surface area contributed by atoms with E-state index in [4.69, 9.17) is 4.98 Å². The molecular weight excluding hydrogens is 370 g/mol. The highest BCUT2D eigenvalue weighted by atomic mass is 32.2. The maximum atomic E-state index is 13.3. The molecule has 0 bridgehead atoms. The Morgan fingerprint density at radius 2 is 1.64 bits per heavy atom. The van der Waals surface area contributed by atoms with Crippen LogP contribution in [0.15, 0.2) is 77.8 Å². The number of benzene rings is 2. The minimum Gasteiger partial charge on any atom is -0.285 e. The van der Waals surface area contributed by atoms with Gasteiger partial charge in [-0.1, -0.05) is 47.5 Å². The molecule has 0 aliphatic heterocycles. The topological polar surface area (TPSA) is 54.7 Å². The predicted molar refractivity (Wildman–Crippen MR) is 112 cm³/mol. The van der Waals surface area contributed by atoms with Crippen LogP contribution >= 0.6 is 0 Å². The van der Waals surface area contributed by atoms with Crippen molar-refractivity contribution in [3.63, 3.8) is 0 Å². The molecule has 2 heterocycles. The Morgan fingerprint density at radius 1 is 0.893 bits per heavy atom. The summed E-state index contributed by atoms with van der Waals surface area (Å²) in [5.41, 5.74) is 4.30. The largest absolute Gasteiger partial charge is 0.285 e. The van der Waals surface area contributed by atoms with Crippen LogP contribution in [0.2, 0.25) is 0 Å². The molecule has 0 saturated carbocycles. The molecule has 28 heavy (non-hydrogen) atoms. The molecule has 0 fully saturated rings. The molecule has 0 spiro atoms. The van der Waals surface area contributed by atoms with Crippen molar-refractivity contribution in [2.24, 2.45) is 0 Å². The number of aromatic nitrogens is 2. The zero-order valence-corrected chi connectivity index (χ0v) is 16.8. The van der Waals surface area contributed by atoms with Crippen LogP contribution in [0.5, 0.6) is 0 Å². The van der Waals surface area contributed by atoms with Gasteiger partial charge in [0.1, 0.15) is 11.3 Å². The summed E-state index contributed by atoms with van der Waals surface area (Å²) in [6.07, 6.45) is 1.83. The first-order valence-electron chi connectivity index (χ1n) is 8.97. The van der Waals surface area contributed by atoms with Crippen molar-refractivity contribution in [3.8, 4) is 11.3 Å². The summed E-state index contributed by atoms with van der Waals surface area (Å²) >= 11 is 0. The number of rotatable bonds is 4. The summed E-state index contributed by atoms with van der Waals surface area (Å²) in [5.74, 6) is 0.516. The second kappa shape index (κ2) is 6.80. The number of imidazole rings is 1. The molecule has 0 aliphatic rings. The van der Waals surface area contributed by atoms with Gasteiger partial charge < -0.3 is 0 Å². The fourth-order valence-corrected chi connectivity index (χ4v) is 4.45. The van der Waals surface area contributed by atoms with Crippen molar-refractivity contribution in [2.45, 2.75) is 18.7 Å². The second-order valence-electron chi connectivity index (χ2n) is 6.87. The number of pyridine rings is 1. The van der Waals surface area contributed by atoms with Crippen LogP contribution in [0.3, 0.4) is 0 Å². The molecule has 0 saturated heterocycles. The molecule has 6 heteroatoms. The first-order chi connectivity index (χ1) is 13.4. The number of aryl methyl sites for hydroxylation is 2. The van der Waals surface area contributed by atoms with Gasteiger partial charge in [0.2, 0.25) is 0 Å². The van der Waals surface area contributed by atoms with E-state index in [0.29, 0.717) is 17.2 Å². The lowest BCUT2D eigenvalue weighted by atomic mass is 10.1. The van der Waals surface area contributed by atoms with Crippen molar-refractivity contribution >= 4 is 21.5 Å². The molecular formula is C22H21N3O2S. The van der Waals surface area contributed by atoms with Gasteiger partial charge in [-0.25, -0.2) is 13.4 Å². The van der Waals surface area contributed by atoms with E-state index < -0.39 is 10.0 Å². The van der Waals surface area contributed by atoms with Gasteiger partial charge in [0.15, 0.2) is 5.82 Å². The Hall–Kier alpha value is -3.12. The summed E-state index contributed by atoms with van der Waals surface area (Å²) in [6.45, 7) is 3.94. The molecule has 0 N–H and O–H groups in total. The van der Waals surface area contributed by atoms with E-state index in [1.807, 2.05) is 66.9 Å². The van der Waals surface area contributed by atoms with Gasteiger partial charge >= 0.3 is 0 Å². The SMILES string of the molecule is Cc1ccc(S(=O)(=O)N(C)c2c(-c3cccc(C)c3)nc3ccccn23)cc1. The first kappa shape index (κ1) is 18.3. The highest BCUT2D eigenvalue weighted by Crippen LogP contribution is 2.34. The lowest BCUT2D eigenvalue weighted by Crippen LogP contribution is -2.28. The average molecular weight is 391 g/mol. The standard InChI is InChI=1S/C22H21N3O2S/c1-16-10-12-19(13-11-16)28(26,27)24(3)22-21(18-8-6-7-17(2)15-18)23-20-9-4-5-14-25(20)22/h4-15H,1-3H3. The van der Waals surface area contributed by atoms with Gasteiger partial charge in [0.05, 0.1) is 4.90 Å². The van der Waals surface area contributed by atoms with Gasteiger partial charge in [-0.15, -0.1) is 0 Å². The molecule has 0 aliphatic carbocycles. The minimum atomic E-state index is -3.74. The highest BCUT2D eigenvalue weighted by Gasteiger charge is 2.27. The number of hydrogen-bond donors (Lipinski definition) is 0. The van der Waals surface area contributed by atoms with Crippen molar-refractivity contribution in [1.82, 2.24) is 9.38 Å². The van der Waals surface area contributed by atoms with Gasteiger partial charge in [0, 0.05) is 18.8 Å². The van der Waals surface area contributed by atoms with Crippen LogP contribution in [0, 0.1) is 13.8 Å². The maximum absolute atomic E-state index is 13.3. The molecule has 2 aromatic carbocycles. The smallest absolute Gasteiger partial charge is 0.265 e. The third-order valence-corrected chi connectivity index (χ3v) is 6.54. The van der Waals surface area contributed by atoms with Crippen LogP contribution in [-0.4, -0.2) is 24.9 Å². The number of fused-ring (bicyclic) bond motifs is 1. The Kier molecular flexibility index (Phi) is 4.43. The fraction of sp³-hybridized carbons (Fsp3) is 0.136. The number of nitrogens with zero attached hydrogens (tertiary/aromatic N) is 3. The van der Waals surface area contributed by atoms with E-state index in [1.54, 1.807) is 31.3 Å². The number of hydrogen-bond acceptors (Lipinski definition) is 3. The van der Waals surface area contributed by atoms with Crippen LogP contribution in [0.4, 0.5) is 5.82 Å². The normalized spacial score (nSPS) is 11.7. The predicted octanol–water partition coefficient (Wildman–Crippen LogP) is 4.44. The van der Waals surface area contributed by atoms with Crippen LogP contribution in [0.1, 0.15) is 11.1 Å². The first-order valence-corrected chi connectivity index (χ1v) is 10.4. The zero-order valence-electron chi connectivity index (χ0n) is 16.0. The molecule has 0 radical (unpaired) electrons. The molecule has 5 nitrogen and oxygen atoms in total. The van der Waals surface area contributed by atoms with Crippen molar-refractivity contribution in [2.75, 3.05) is 11.4 Å². The maximum Gasteiger partial charge on any atom is 0.265 e. The van der Waals surface area contributed by atoms with Crippen molar-refractivity contribution in [3.05, 3.63) is 84.1 Å². The summed E-state index contributed by atoms with van der Waals surface area (Å²) in [5, 5.41) is 0. The molecule has 4 aromatic rings. The molecule has 0 unspecified atom stereocenters. The second-order valence-corrected chi connectivity index (χ2v) is 8.84. The summed E-state index contributed by atoms with van der Waals surface area (Å²) in [7, 11) is -2.16. The number of sulfonamides is 1. The monoisotopic (exact) mass is 391 g/mol. The van der Waals surface area contributed by atoms with Gasteiger partial charge in [0.25, 0.3) is 10.0 Å². The van der Waals surface area contributed by atoms with E-state index in [1.165, 1.54) is 4.31 Å². The quantitative estimate of drug-likeness (QED) is 0.517. The molecule has 0 amide bonds. The highest BCUT2D eigenvalue weighted by molar-refractivity contribution is 7.92. The third kappa shape index (κ3) is 3.05. The van der Waals surface area contributed by atoms with Gasteiger partial charge in [-0.3, -0.25) is 8.71 Å². The summed E-state index contributed by atoms with van der Waals surface area (Å²) in [6, 6.07) is 20.4. The minimum absolute atomic E-state index is 0.252. The lowest BCUT2D eigenvalue weighted by Gasteiger charge is -2.20. The molecule has 0 atom stereocenters. The van der Waals surface area contributed by atoms with Crippen molar-refractivity contribution < 1.29 is 8.42 Å². The molecule has 2 aromatic heterocycles. The number of anilines is 1. The summed E-state index contributed by atoms with van der Waals surface area (Å²) < 4.78 is 29.8. The van der Waals surface area contributed by atoms with E-state index in [0.717, 1.165) is 16.7 Å². The Balaban J connectivity index is 1.94. The summed E-state index contributed by atoms with van der Waals surface area (Å²) in [4.78, 5) is 4.97. The van der Waals surface area contributed by atoms with Crippen molar-refractivity contribution in [1.29, 1.82) is 0 Å². The van der Waals surface area contributed by atoms with Gasteiger partial charge in [-0.05, 0) is 44.2 Å². The van der Waals surface area contributed by atoms with E-state index >= 15 is 0 Å². The van der Waals surface area contributed by atoms with E-state index in [9.17, 15) is 8.42 Å². The van der Waals surface area contributed by atoms with E-state index in [-0.39, 0.29) is 4.90 Å². The molecule has 142 valence electrons. The Bertz CT molecular complexity index is 1260. The average Bonchev–Trinajstić information content (AvgIpc) is 3.07. The third-order valence-electron chi connectivity index (χ3n) is 4.77. The Morgan fingerprint density at radius 3 is 2.36 bits per heavy atom. The Labute approximate surface area is 164 Å². The van der Waals surface area contributed by atoms with Crippen LogP contribution in [-0.2, 0) is 10.0 Å². The fourth-order valence-electron chi connectivity index (χ4n) is 3.25. The van der Waals surface area contributed by atoms with E-state index in [2.05, 4.69) is 0 Å². The lowest BCUT2D eigenvalue weighted by molar-refractivity contribution is 0.594. The zero-order chi connectivity index (χ0) is 19.9.